The summed E-state index contributed by atoms with van der Waals surface area (Å²) in [6.45, 7) is 4.52. The molecule has 5 rings (SSSR count). The third kappa shape index (κ3) is 3.86. The highest BCUT2D eigenvalue weighted by Crippen LogP contribution is 2.64. The molecule has 1 heterocycles. The number of fused-ring (bicyclic) bond motifs is 5. The van der Waals surface area contributed by atoms with Crippen molar-refractivity contribution in [3.8, 4) is 6.07 Å². The van der Waals surface area contributed by atoms with E-state index in [2.05, 4.69) is 17.4 Å². The number of Topliss-reactive ketones (excluding diaryl/α,β-unsaturated/α-hetero) is 1. The number of rotatable bonds is 5. The van der Waals surface area contributed by atoms with Crippen LogP contribution in [-0.4, -0.2) is 36.3 Å². The van der Waals surface area contributed by atoms with E-state index in [9.17, 15) is 14.7 Å². The number of aromatic nitrogens is 4. The number of hydrogen-bond acceptors (Lipinski definition) is 6. The number of nitriles is 1. The third-order valence-corrected chi connectivity index (χ3v) is 10.1. The van der Waals surface area contributed by atoms with Crippen molar-refractivity contribution in [1.29, 1.82) is 5.26 Å². The van der Waals surface area contributed by atoms with Crippen molar-refractivity contribution in [3.63, 3.8) is 0 Å². The fourth-order valence-electron chi connectivity index (χ4n) is 8.57. The van der Waals surface area contributed by atoms with Crippen molar-refractivity contribution in [2.45, 2.75) is 96.7 Å². The molecule has 1 aromatic heterocycles. The van der Waals surface area contributed by atoms with Gasteiger partial charge in [0, 0.05) is 5.92 Å². The Labute approximate surface area is 195 Å². The Morgan fingerprint density at radius 3 is 2.61 bits per heavy atom. The Bertz CT molecular complexity index is 1010. The van der Waals surface area contributed by atoms with Crippen molar-refractivity contribution < 1.29 is 9.90 Å². The Kier molecular flexibility index (Phi) is 5.75. The van der Waals surface area contributed by atoms with Crippen LogP contribution in [0.1, 0.15) is 78.1 Å². The van der Waals surface area contributed by atoms with E-state index in [1.165, 1.54) is 28.6 Å². The Morgan fingerprint density at radius 2 is 1.82 bits per heavy atom. The third-order valence-electron chi connectivity index (χ3n) is 10.1. The van der Waals surface area contributed by atoms with Crippen molar-refractivity contribution in [3.05, 3.63) is 10.5 Å². The Morgan fingerprint density at radius 1 is 1.06 bits per heavy atom. The van der Waals surface area contributed by atoms with Crippen molar-refractivity contribution in [2.75, 3.05) is 0 Å². The molecule has 33 heavy (non-hydrogen) atoms. The molecule has 1 aromatic rings. The van der Waals surface area contributed by atoms with Crippen LogP contribution in [0.2, 0.25) is 0 Å². The first-order chi connectivity index (χ1) is 15.7. The number of hydrogen-bond donors (Lipinski definition) is 1. The van der Waals surface area contributed by atoms with E-state index in [4.69, 9.17) is 5.26 Å². The molecule has 0 aromatic carbocycles. The van der Waals surface area contributed by atoms with E-state index < -0.39 is 11.3 Å². The molecule has 0 spiro atoms. The zero-order chi connectivity index (χ0) is 23.4. The molecule has 4 aliphatic rings. The molecule has 8 heteroatoms. The van der Waals surface area contributed by atoms with Gasteiger partial charge in [-0.1, -0.05) is 6.92 Å². The molecule has 0 saturated heterocycles. The smallest absolute Gasteiger partial charge is 0.364 e. The number of carbonyl (C=O) groups is 1. The van der Waals surface area contributed by atoms with Crippen LogP contribution in [0.25, 0.3) is 0 Å². The second kappa shape index (κ2) is 8.33. The van der Waals surface area contributed by atoms with Crippen molar-refractivity contribution >= 4 is 5.78 Å². The SMILES string of the molecule is C[C@@]1(O)CC[C@H]2[C@H](CC[C@@H]3[C@@H]2CC[C@]2(C)[C@@H](C(=O)Cn4nnn(CCC#N)c4=O)CC[C@@H]32)C1. The van der Waals surface area contributed by atoms with Gasteiger partial charge in [-0.25, -0.2) is 4.79 Å². The van der Waals surface area contributed by atoms with Gasteiger partial charge in [-0.2, -0.15) is 14.6 Å². The molecule has 4 aliphatic carbocycles. The zero-order valence-electron chi connectivity index (χ0n) is 19.9. The highest BCUT2D eigenvalue weighted by Gasteiger charge is 2.58. The lowest BCUT2D eigenvalue weighted by Crippen LogP contribution is -2.51. The maximum Gasteiger partial charge on any atom is 0.364 e. The monoisotopic (exact) mass is 455 g/mol. The number of aliphatic hydroxyl groups is 1. The van der Waals surface area contributed by atoms with Crippen LogP contribution < -0.4 is 5.69 Å². The van der Waals surface area contributed by atoms with Gasteiger partial charge in [0.05, 0.1) is 24.6 Å². The van der Waals surface area contributed by atoms with E-state index in [-0.39, 0.29) is 36.6 Å². The van der Waals surface area contributed by atoms with E-state index in [1.54, 1.807) is 0 Å². The van der Waals surface area contributed by atoms with Gasteiger partial charge in [-0.15, -0.1) is 0 Å². The summed E-state index contributed by atoms with van der Waals surface area (Å²) in [5, 5.41) is 27.1. The van der Waals surface area contributed by atoms with Gasteiger partial charge in [0.2, 0.25) is 0 Å². The van der Waals surface area contributed by atoms with Crippen LogP contribution in [0, 0.1) is 52.3 Å². The largest absolute Gasteiger partial charge is 0.390 e. The fraction of sp³-hybridized carbons (Fsp3) is 0.880. The number of carbonyl (C=O) groups excluding carboxylic acids is 1. The molecule has 0 amide bonds. The van der Waals surface area contributed by atoms with Gasteiger partial charge in [0.1, 0.15) is 6.54 Å². The first kappa shape index (κ1) is 22.8. The summed E-state index contributed by atoms with van der Waals surface area (Å²) in [5.41, 5.74) is -0.893. The number of nitrogens with zero attached hydrogens (tertiary/aromatic N) is 5. The summed E-state index contributed by atoms with van der Waals surface area (Å²) >= 11 is 0. The number of aryl methyl sites for hydroxylation is 1. The van der Waals surface area contributed by atoms with E-state index in [0.717, 1.165) is 50.4 Å². The number of ketones is 1. The Balaban J connectivity index is 1.28. The summed E-state index contributed by atoms with van der Waals surface area (Å²) in [6, 6.07) is 2.00. The van der Waals surface area contributed by atoms with E-state index in [0.29, 0.717) is 17.8 Å². The van der Waals surface area contributed by atoms with E-state index in [1.807, 2.05) is 13.0 Å². The molecule has 4 fully saturated rings. The second-order valence-electron chi connectivity index (χ2n) is 11.9. The molecule has 0 aliphatic heterocycles. The molecular formula is C25H37N5O3. The first-order valence-electron chi connectivity index (χ1n) is 12.9. The summed E-state index contributed by atoms with van der Waals surface area (Å²) in [6.07, 6.45) is 9.94. The zero-order valence-corrected chi connectivity index (χ0v) is 19.9. The lowest BCUT2D eigenvalue weighted by Gasteiger charge is -2.56. The molecule has 1 N–H and O–H groups in total. The van der Waals surface area contributed by atoms with Crippen molar-refractivity contribution in [2.24, 2.45) is 40.9 Å². The molecular weight excluding hydrogens is 418 g/mol. The average Bonchev–Trinajstić information content (AvgIpc) is 3.30. The van der Waals surface area contributed by atoms with Gasteiger partial charge in [-0.3, -0.25) is 4.79 Å². The minimum atomic E-state index is -0.489. The fourth-order valence-corrected chi connectivity index (χ4v) is 8.57. The van der Waals surface area contributed by atoms with Gasteiger partial charge in [-0.05, 0) is 110 Å². The van der Waals surface area contributed by atoms with Crippen LogP contribution in [0.5, 0.6) is 0 Å². The molecule has 0 unspecified atom stereocenters. The first-order valence-corrected chi connectivity index (χ1v) is 12.9. The Hall–Kier alpha value is -2.01. The minimum absolute atomic E-state index is 0.00561. The average molecular weight is 456 g/mol. The second-order valence-corrected chi connectivity index (χ2v) is 11.9. The minimum Gasteiger partial charge on any atom is -0.390 e. The molecule has 8 nitrogen and oxygen atoms in total. The molecule has 180 valence electrons. The molecule has 8 atom stereocenters. The van der Waals surface area contributed by atoms with Gasteiger partial charge >= 0.3 is 5.69 Å². The maximum atomic E-state index is 13.4. The lowest BCUT2D eigenvalue weighted by atomic mass is 9.49. The maximum absolute atomic E-state index is 13.4. The summed E-state index contributed by atoms with van der Waals surface area (Å²) in [4.78, 5) is 25.9. The number of tetrazole rings is 1. The van der Waals surface area contributed by atoms with Crippen LogP contribution in [0.4, 0.5) is 0 Å². The quantitative estimate of drug-likeness (QED) is 0.730. The topological polar surface area (TPSA) is 114 Å². The predicted molar refractivity (Wildman–Crippen MR) is 121 cm³/mol. The van der Waals surface area contributed by atoms with Gasteiger partial charge in [0.25, 0.3) is 0 Å². The standard InChI is InChI=1S/C25H37N5O3/c1-24(33)10-8-17-16(14-24)4-5-19-18(17)9-11-25(2)20(19)6-7-21(25)22(31)15-30-23(32)29(27-28-30)13-3-12-26/h16-21,33H,3-11,13-15H2,1-2H3/t16-,17+,18-,19-,20+,21-,24-,25+/m1/s1. The summed E-state index contributed by atoms with van der Waals surface area (Å²) in [7, 11) is 0. The predicted octanol–water partition coefficient (Wildman–Crippen LogP) is 2.94. The van der Waals surface area contributed by atoms with Gasteiger partial charge in [0.15, 0.2) is 5.78 Å². The summed E-state index contributed by atoms with van der Waals surface area (Å²) in [5.74, 6) is 3.50. The van der Waals surface area contributed by atoms with Crippen LogP contribution in [0.3, 0.4) is 0 Å². The van der Waals surface area contributed by atoms with Crippen LogP contribution in [0.15, 0.2) is 4.79 Å². The summed E-state index contributed by atoms with van der Waals surface area (Å²) < 4.78 is 2.34. The lowest BCUT2D eigenvalue weighted by molar-refractivity contribution is -0.133. The van der Waals surface area contributed by atoms with Crippen LogP contribution >= 0.6 is 0 Å². The van der Waals surface area contributed by atoms with Crippen LogP contribution in [-0.2, 0) is 17.9 Å². The van der Waals surface area contributed by atoms with E-state index >= 15 is 0 Å². The highest BCUT2D eigenvalue weighted by atomic mass is 16.3. The van der Waals surface area contributed by atoms with Gasteiger partial charge < -0.3 is 5.11 Å². The van der Waals surface area contributed by atoms with Crippen molar-refractivity contribution in [1.82, 2.24) is 19.8 Å². The normalized spacial score (nSPS) is 42.1. The molecule has 4 saturated carbocycles. The highest BCUT2D eigenvalue weighted by molar-refractivity contribution is 5.82. The molecule has 0 bridgehead atoms. The molecule has 0 radical (unpaired) electrons.